The first-order valence-electron chi connectivity index (χ1n) is 4.88. The molecule has 0 spiro atoms. The Kier molecular flexibility index (Phi) is 3.73. The van der Waals surface area contributed by atoms with E-state index >= 15 is 0 Å². The second-order valence-corrected chi connectivity index (χ2v) is 5.55. The van der Waals surface area contributed by atoms with Crippen LogP contribution in [0.2, 0.25) is 0 Å². The van der Waals surface area contributed by atoms with Crippen LogP contribution in [0.5, 0.6) is 0 Å². The van der Waals surface area contributed by atoms with Crippen molar-refractivity contribution < 1.29 is 0 Å². The summed E-state index contributed by atoms with van der Waals surface area (Å²) in [6.07, 6.45) is 0. The summed E-state index contributed by atoms with van der Waals surface area (Å²) in [6, 6.07) is 6.43. The van der Waals surface area contributed by atoms with Crippen LogP contribution in [0.3, 0.4) is 0 Å². The lowest BCUT2D eigenvalue weighted by molar-refractivity contribution is 0.424. The topological polar surface area (TPSA) is 12.0 Å². The Balaban J connectivity index is 2.72. The number of aryl methyl sites for hydroxylation is 1. The molecule has 0 aliphatic heterocycles. The summed E-state index contributed by atoms with van der Waals surface area (Å²) in [5.74, 6) is 0. The number of halogens is 1. The molecule has 0 saturated heterocycles. The molecule has 1 aromatic carbocycles. The van der Waals surface area contributed by atoms with E-state index in [4.69, 9.17) is 0 Å². The summed E-state index contributed by atoms with van der Waals surface area (Å²) in [6.45, 7) is 9.56. The van der Waals surface area contributed by atoms with E-state index in [1.165, 1.54) is 15.6 Å². The molecule has 1 aromatic rings. The fourth-order valence-electron chi connectivity index (χ4n) is 1.20. The molecular formula is C12H18BrN. The van der Waals surface area contributed by atoms with Crippen molar-refractivity contribution in [3.05, 3.63) is 33.8 Å². The third kappa shape index (κ3) is 3.81. The second kappa shape index (κ2) is 4.45. The monoisotopic (exact) mass is 255 g/mol. The Labute approximate surface area is 95.0 Å². The maximum Gasteiger partial charge on any atom is 0.0221 e. The first kappa shape index (κ1) is 11.7. The minimum atomic E-state index is 0.170. The predicted molar refractivity (Wildman–Crippen MR) is 65.5 cm³/mol. The van der Waals surface area contributed by atoms with Crippen molar-refractivity contribution in [2.24, 2.45) is 0 Å². The maximum absolute atomic E-state index is 3.56. The molecule has 1 rings (SSSR count). The molecule has 0 aliphatic rings. The highest BCUT2D eigenvalue weighted by molar-refractivity contribution is 9.10. The number of hydrogen-bond acceptors (Lipinski definition) is 1. The van der Waals surface area contributed by atoms with Crippen LogP contribution >= 0.6 is 15.9 Å². The van der Waals surface area contributed by atoms with Gasteiger partial charge < -0.3 is 5.32 Å². The molecule has 0 saturated carbocycles. The lowest BCUT2D eigenvalue weighted by atomic mass is 10.1. The fourth-order valence-corrected chi connectivity index (χ4v) is 1.59. The van der Waals surface area contributed by atoms with Gasteiger partial charge in [-0.1, -0.05) is 33.6 Å². The van der Waals surface area contributed by atoms with E-state index in [9.17, 15) is 0 Å². The smallest absolute Gasteiger partial charge is 0.0221 e. The SMILES string of the molecule is Cc1ccc(Br)c(CNC(C)(C)C)c1. The van der Waals surface area contributed by atoms with Crippen LogP contribution in [-0.2, 0) is 6.54 Å². The van der Waals surface area contributed by atoms with Gasteiger partial charge in [-0.3, -0.25) is 0 Å². The third-order valence-electron chi connectivity index (χ3n) is 2.01. The quantitative estimate of drug-likeness (QED) is 0.851. The molecule has 2 heteroatoms. The largest absolute Gasteiger partial charge is 0.308 e. The molecule has 0 radical (unpaired) electrons. The molecule has 0 fully saturated rings. The van der Waals surface area contributed by atoms with E-state index in [1.54, 1.807) is 0 Å². The molecule has 0 heterocycles. The van der Waals surface area contributed by atoms with Crippen molar-refractivity contribution >= 4 is 15.9 Å². The average molecular weight is 256 g/mol. The minimum Gasteiger partial charge on any atom is -0.308 e. The van der Waals surface area contributed by atoms with Gasteiger partial charge in [0.2, 0.25) is 0 Å². The van der Waals surface area contributed by atoms with Crippen LogP contribution in [0.4, 0.5) is 0 Å². The molecule has 0 bridgehead atoms. The molecule has 1 N–H and O–H groups in total. The van der Waals surface area contributed by atoms with Crippen molar-refractivity contribution in [1.29, 1.82) is 0 Å². The minimum absolute atomic E-state index is 0.170. The maximum atomic E-state index is 3.56. The van der Waals surface area contributed by atoms with Crippen molar-refractivity contribution in [2.45, 2.75) is 39.8 Å². The highest BCUT2D eigenvalue weighted by Crippen LogP contribution is 2.18. The fraction of sp³-hybridized carbons (Fsp3) is 0.500. The molecule has 0 unspecified atom stereocenters. The van der Waals surface area contributed by atoms with Crippen LogP contribution < -0.4 is 5.32 Å². The van der Waals surface area contributed by atoms with Gasteiger partial charge in [0.15, 0.2) is 0 Å². The summed E-state index contributed by atoms with van der Waals surface area (Å²) in [5, 5.41) is 3.48. The first-order chi connectivity index (χ1) is 6.38. The summed E-state index contributed by atoms with van der Waals surface area (Å²) in [5.41, 5.74) is 2.79. The molecular weight excluding hydrogens is 238 g/mol. The number of rotatable bonds is 2. The van der Waals surface area contributed by atoms with Crippen LogP contribution in [0.15, 0.2) is 22.7 Å². The van der Waals surface area contributed by atoms with E-state index in [-0.39, 0.29) is 5.54 Å². The van der Waals surface area contributed by atoms with Gasteiger partial charge in [-0.15, -0.1) is 0 Å². The van der Waals surface area contributed by atoms with Crippen molar-refractivity contribution in [2.75, 3.05) is 0 Å². The van der Waals surface area contributed by atoms with Crippen molar-refractivity contribution in [1.82, 2.24) is 5.32 Å². The predicted octanol–water partition coefficient (Wildman–Crippen LogP) is 3.65. The van der Waals surface area contributed by atoms with Crippen molar-refractivity contribution in [3.63, 3.8) is 0 Å². The standard InChI is InChI=1S/C12H18BrN/c1-9-5-6-11(13)10(7-9)8-14-12(2,3)4/h5-7,14H,8H2,1-4H3. The third-order valence-corrected chi connectivity index (χ3v) is 2.78. The summed E-state index contributed by atoms with van der Waals surface area (Å²) < 4.78 is 1.18. The summed E-state index contributed by atoms with van der Waals surface area (Å²) >= 11 is 3.56. The molecule has 1 nitrogen and oxygen atoms in total. The highest BCUT2D eigenvalue weighted by Gasteiger charge is 2.09. The van der Waals surface area contributed by atoms with Gasteiger partial charge in [0.05, 0.1) is 0 Å². The van der Waals surface area contributed by atoms with Crippen LogP contribution in [-0.4, -0.2) is 5.54 Å². The Bertz CT molecular complexity index is 313. The lowest BCUT2D eigenvalue weighted by Crippen LogP contribution is -2.35. The molecule has 0 atom stereocenters. The zero-order valence-corrected chi connectivity index (χ0v) is 10.9. The van der Waals surface area contributed by atoms with Gasteiger partial charge in [-0.25, -0.2) is 0 Å². The summed E-state index contributed by atoms with van der Waals surface area (Å²) in [4.78, 5) is 0. The molecule has 0 amide bonds. The number of benzene rings is 1. The average Bonchev–Trinajstić information content (AvgIpc) is 2.05. The normalized spacial score (nSPS) is 11.8. The number of hydrogen-bond donors (Lipinski definition) is 1. The highest BCUT2D eigenvalue weighted by atomic mass is 79.9. The zero-order chi connectivity index (χ0) is 10.8. The van der Waals surface area contributed by atoms with E-state index in [1.807, 2.05) is 0 Å². The van der Waals surface area contributed by atoms with E-state index < -0.39 is 0 Å². The Morgan fingerprint density at radius 3 is 2.50 bits per heavy atom. The number of nitrogens with one attached hydrogen (secondary N) is 1. The second-order valence-electron chi connectivity index (χ2n) is 4.70. The Morgan fingerprint density at radius 1 is 1.29 bits per heavy atom. The van der Waals surface area contributed by atoms with Gasteiger partial charge in [-0.2, -0.15) is 0 Å². The molecule has 0 aliphatic carbocycles. The molecule has 14 heavy (non-hydrogen) atoms. The Morgan fingerprint density at radius 2 is 1.93 bits per heavy atom. The first-order valence-corrected chi connectivity index (χ1v) is 5.68. The van der Waals surface area contributed by atoms with Gasteiger partial charge in [0.1, 0.15) is 0 Å². The molecule has 78 valence electrons. The van der Waals surface area contributed by atoms with E-state index in [2.05, 4.69) is 67.1 Å². The van der Waals surface area contributed by atoms with E-state index in [0.717, 1.165) is 6.54 Å². The zero-order valence-electron chi connectivity index (χ0n) is 9.32. The Hall–Kier alpha value is -0.340. The van der Waals surface area contributed by atoms with Gasteiger partial charge in [-0.05, 0) is 39.3 Å². The van der Waals surface area contributed by atoms with Gasteiger partial charge >= 0.3 is 0 Å². The lowest BCUT2D eigenvalue weighted by Gasteiger charge is -2.21. The van der Waals surface area contributed by atoms with Crippen LogP contribution in [0.25, 0.3) is 0 Å². The van der Waals surface area contributed by atoms with E-state index in [0.29, 0.717) is 0 Å². The summed E-state index contributed by atoms with van der Waals surface area (Å²) in [7, 11) is 0. The van der Waals surface area contributed by atoms with Gasteiger partial charge in [0.25, 0.3) is 0 Å². The van der Waals surface area contributed by atoms with Gasteiger partial charge in [0, 0.05) is 16.6 Å². The molecule has 0 aromatic heterocycles. The van der Waals surface area contributed by atoms with Crippen LogP contribution in [0, 0.1) is 6.92 Å². The van der Waals surface area contributed by atoms with Crippen LogP contribution in [0.1, 0.15) is 31.9 Å². The van der Waals surface area contributed by atoms with Crippen molar-refractivity contribution in [3.8, 4) is 0 Å².